The molecule has 2 rings (SSSR count). The number of fused-ring (bicyclic) bond motifs is 1. The van der Waals surface area contributed by atoms with E-state index in [1.165, 1.54) is 6.39 Å². The van der Waals surface area contributed by atoms with E-state index in [0.29, 0.717) is 17.6 Å². The molecule has 0 unspecified atom stereocenters. The lowest BCUT2D eigenvalue weighted by Crippen LogP contribution is -2.00. The largest absolute Gasteiger partial charge is 0.504 e. The first-order valence-corrected chi connectivity index (χ1v) is 4.57. The molecule has 14 heavy (non-hydrogen) atoms. The van der Waals surface area contributed by atoms with Crippen molar-refractivity contribution in [1.29, 1.82) is 0 Å². The highest BCUT2D eigenvalue weighted by Crippen LogP contribution is 2.28. The van der Waals surface area contributed by atoms with Crippen molar-refractivity contribution in [2.75, 3.05) is 6.54 Å². The zero-order valence-electron chi connectivity index (χ0n) is 7.73. The van der Waals surface area contributed by atoms with E-state index in [2.05, 4.69) is 4.98 Å². The Morgan fingerprint density at radius 3 is 3.07 bits per heavy atom. The summed E-state index contributed by atoms with van der Waals surface area (Å²) in [5, 5.41) is 9.79. The standard InChI is InChI=1S/C10H12N2O2/c11-5-1-2-7-3-4-8-10(9(7)13)14-6-12-8/h3-4,6,13H,1-2,5,11H2. The first-order chi connectivity index (χ1) is 6.83. The van der Waals surface area contributed by atoms with Crippen LogP contribution in [0.25, 0.3) is 11.1 Å². The lowest BCUT2D eigenvalue weighted by Gasteiger charge is -2.02. The molecule has 2 aromatic rings. The molecule has 0 fully saturated rings. The average molecular weight is 192 g/mol. The van der Waals surface area contributed by atoms with Gasteiger partial charge in [0, 0.05) is 0 Å². The van der Waals surface area contributed by atoms with Crippen molar-refractivity contribution in [3.63, 3.8) is 0 Å². The van der Waals surface area contributed by atoms with E-state index in [9.17, 15) is 5.11 Å². The highest BCUT2D eigenvalue weighted by Gasteiger charge is 2.09. The van der Waals surface area contributed by atoms with E-state index in [0.717, 1.165) is 18.4 Å². The van der Waals surface area contributed by atoms with Crippen molar-refractivity contribution in [3.8, 4) is 5.75 Å². The zero-order chi connectivity index (χ0) is 9.97. The molecule has 1 aromatic carbocycles. The molecule has 1 aromatic heterocycles. The first kappa shape index (κ1) is 9.02. The lowest BCUT2D eigenvalue weighted by atomic mass is 10.1. The molecule has 0 saturated carbocycles. The molecule has 0 bridgehead atoms. The van der Waals surface area contributed by atoms with E-state index in [1.807, 2.05) is 12.1 Å². The number of nitrogens with zero attached hydrogens (tertiary/aromatic N) is 1. The van der Waals surface area contributed by atoms with Crippen LogP contribution >= 0.6 is 0 Å². The maximum absolute atomic E-state index is 9.79. The summed E-state index contributed by atoms with van der Waals surface area (Å²) in [7, 11) is 0. The van der Waals surface area contributed by atoms with Crippen LogP contribution in [0.4, 0.5) is 0 Å². The summed E-state index contributed by atoms with van der Waals surface area (Å²) < 4.78 is 5.08. The van der Waals surface area contributed by atoms with E-state index >= 15 is 0 Å². The van der Waals surface area contributed by atoms with Gasteiger partial charge in [-0.3, -0.25) is 0 Å². The number of phenolic OH excluding ortho intramolecular Hbond substituents is 1. The van der Waals surface area contributed by atoms with Gasteiger partial charge in [0.1, 0.15) is 5.52 Å². The Morgan fingerprint density at radius 2 is 2.29 bits per heavy atom. The van der Waals surface area contributed by atoms with Gasteiger partial charge in [-0.25, -0.2) is 4.98 Å². The fraction of sp³-hybridized carbons (Fsp3) is 0.300. The predicted molar refractivity (Wildman–Crippen MR) is 53.0 cm³/mol. The number of nitrogens with two attached hydrogens (primary N) is 1. The molecule has 0 aliphatic heterocycles. The molecule has 0 spiro atoms. The normalized spacial score (nSPS) is 10.9. The minimum absolute atomic E-state index is 0.188. The number of oxazole rings is 1. The van der Waals surface area contributed by atoms with Gasteiger partial charge in [0.2, 0.25) is 0 Å². The zero-order valence-corrected chi connectivity index (χ0v) is 7.73. The van der Waals surface area contributed by atoms with Crippen LogP contribution in [0.15, 0.2) is 22.9 Å². The second-order valence-electron chi connectivity index (χ2n) is 3.17. The van der Waals surface area contributed by atoms with Crippen LogP contribution in [0.2, 0.25) is 0 Å². The Labute approximate surface area is 81.4 Å². The number of aryl methyl sites for hydroxylation is 1. The number of phenols is 1. The van der Waals surface area contributed by atoms with Crippen LogP contribution in [-0.4, -0.2) is 16.6 Å². The lowest BCUT2D eigenvalue weighted by molar-refractivity contribution is 0.457. The van der Waals surface area contributed by atoms with Gasteiger partial charge in [-0.1, -0.05) is 6.07 Å². The molecular formula is C10H12N2O2. The van der Waals surface area contributed by atoms with Crippen LogP contribution in [0, 0.1) is 0 Å². The monoisotopic (exact) mass is 192 g/mol. The Morgan fingerprint density at radius 1 is 1.43 bits per heavy atom. The van der Waals surface area contributed by atoms with Crippen LogP contribution in [0.1, 0.15) is 12.0 Å². The van der Waals surface area contributed by atoms with E-state index in [4.69, 9.17) is 10.2 Å². The summed E-state index contributed by atoms with van der Waals surface area (Å²) >= 11 is 0. The van der Waals surface area contributed by atoms with Crippen molar-refractivity contribution in [2.45, 2.75) is 12.8 Å². The summed E-state index contributed by atoms with van der Waals surface area (Å²) in [6.07, 6.45) is 2.95. The Bertz CT molecular complexity index is 437. The second-order valence-corrected chi connectivity index (χ2v) is 3.17. The summed E-state index contributed by atoms with van der Waals surface area (Å²) in [5.74, 6) is 0.188. The number of rotatable bonds is 3. The van der Waals surface area contributed by atoms with Gasteiger partial charge < -0.3 is 15.3 Å². The third kappa shape index (κ3) is 1.44. The van der Waals surface area contributed by atoms with Crippen molar-refractivity contribution < 1.29 is 9.52 Å². The molecule has 3 N–H and O–H groups in total. The predicted octanol–water partition coefficient (Wildman–Crippen LogP) is 1.42. The van der Waals surface area contributed by atoms with Gasteiger partial charge in [0.25, 0.3) is 0 Å². The molecule has 4 heteroatoms. The SMILES string of the molecule is NCCCc1ccc2ncoc2c1O. The molecule has 0 amide bonds. The quantitative estimate of drug-likeness (QED) is 0.771. The minimum atomic E-state index is 0.188. The summed E-state index contributed by atoms with van der Waals surface area (Å²) in [5.41, 5.74) is 7.40. The molecule has 1 heterocycles. The van der Waals surface area contributed by atoms with Gasteiger partial charge in [0.05, 0.1) is 0 Å². The van der Waals surface area contributed by atoms with E-state index in [1.54, 1.807) is 0 Å². The molecule has 0 radical (unpaired) electrons. The van der Waals surface area contributed by atoms with Crippen molar-refractivity contribution in [1.82, 2.24) is 4.98 Å². The fourth-order valence-electron chi connectivity index (χ4n) is 1.45. The molecule has 4 nitrogen and oxygen atoms in total. The molecule has 0 saturated heterocycles. The van der Waals surface area contributed by atoms with Crippen LogP contribution in [0.5, 0.6) is 5.75 Å². The van der Waals surface area contributed by atoms with Gasteiger partial charge in [-0.2, -0.15) is 0 Å². The molecule has 0 atom stereocenters. The Kier molecular flexibility index (Phi) is 2.37. The Hall–Kier alpha value is -1.55. The van der Waals surface area contributed by atoms with Gasteiger partial charge >= 0.3 is 0 Å². The highest BCUT2D eigenvalue weighted by atomic mass is 16.4. The number of benzene rings is 1. The minimum Gasteiger partial charge on any atom is -0.504 e. The van der Waals surface area contributed by atoms with E-state index < -0.39 is 0 Å². The summed E-state index contributed by atoms with van der Waals surface area (Å²) in [6.45, 7) is 0.619. The Balaban J connectivity index is 2.40. The maximum atomic E-state index is 9.79. The molecule has 0 aliphatic carbocycles. The molecular weight excluding hydrogens is 180 g/mol. The van der Waals surface area contributed by atoms with Gasteiger partial charge in [-0.05, 0) is 31.0 Å². The topological polar surface area (TPSA) is 72.3 Å². The number of hydrogen-bond acceptors (Lipinski definition) is 4. The summed E-state index contributed by atoms with van der Waals surface area (Å²) in [6, 6.07) is 3.69. The maximum Gasteiger partial charge on any atom is 0.196 e. The number of aromatic hydroxyl groups is 1. The smallest absolute Gasteiger partial charge is 0.196 e. The third-order valence-electron chi connectivity index (χ3n) is 2.21. The third-order valence-corrected chi connectivity index (χ3v) is 2.21. The van der Waals surface area contributed by atoms with Crippen molar-refractivity contribution >= 4 is 11.1 Å². The van der Waals surface area contributed by atoms with E-state index in [-0.39, 0.29) is 5.75 Å². The van der Waals surface area contributed by atoms with Gasteiger partial charge in [0.15, 0.2) is 17.7 Å². The van der Waals surface area contributed by atoms with Crippen LogP contribution < -0.4 is 5.73 Å². The number of hydrogen-bond donors (Lipinski definition) is 2. The highest BCUT2D eigenvalue weighted by molar-refractivity contribution is 5.80. The van der Waals surface area contributed by atoms with Crippen molar-refractivity contribution in [3.05, 3.63) is 24.1 Å². The van der Waals surface area contributed by atoms with Gasteiger partial charge in [-0.15, -0.1) is 0 Å². The fourth-order valence-corrected chi connectivity index (χ4v) is 1.45. The van der Waals surface area contributed by atoms with Crippen LogP contribution in [0.3, 0.4) is 0 Å². The van der Waals surface area contributed by atoms with Crippen molar-refractivity contribution in [2.24, 2.45) is 5.73 Å². The average Bonchev–Trinajstić information content (AvgIpc) is 2.66. The molecule has 74 valence electrons. The first-order valence-electron chi connectivity index (χ1n) is 4.57. The second kappa shape index (κ2) is 3.67. The molecule has 0 aliphatic rings. The summed E-state index contributed by atoms with van der Waals surface area (Å²) in [4.78, 5) is 3.95. The number of aromatic nitrogens is 1. The van der Waals surface area contributed by atoms with Crippen LogP contribution in [-0.2, 0) is 6.42 Å².